The lowest BCUT2D eigenvalue weighted by Gasteiger charge is -2.28. The molecule has 0 aromatic heterocycles. The van der Waals surface area contributed by atoms with Gasteiger partial charge in [-0.05, 0) is 42.4 Å². The molecule has 2 saturated carbocycles. The zero-order valence-electron chi connectivity index (χ0n) is 11.3. The van der Waals surface area contributed by atoms with Crippen molar-refractivity contribution >= 4 is 5.91 Å². The largest absolute Gasteiger partial charge is 0.354 e. The molecule has 0 heterocycles. The maximum atomic E-state index is 11.9. The molecule has 2 bridgehead atoms. The smallest absolute Gasteiger partial charge is 0.237 e. The molecule has 3 unspecified atom stereocenters. The van der Waals surface area contributed by atoms with Crippen LogP contribution in [0.1, 0.15) is 46.5 Å². The molecule has 0 spiro atoms. The van der Waals surface area contributed by atoms with Crippen LogP contribution in [-0.4, -0.2) is 18.5 Å². The predicted molar refractivity (Wildman–Crippen MR) is 69.4 cm³/mol. The summed E-state index contributed by atoms with van der Waals surface area (Å²) in [5, 5.41) is 3.05. The number of carbonyl (C=O) groups excluding carboxylic acids is 1. The van der Waals surface area contributed by atoms with Crippen molar-refractivity contribution in [3.63, 3.8) is 0 Å². The minimum Gasteiger partial charge on any atom is -0.354 e. The Morgan fingerprint density at radius 2 is 2.06 bits per heavy atom. The summed E-state index contributed by atoms with van der Waals surface area (Å²) in [5.41, 5.74) is 5.79. The molecule has 2 fully saturated rings. The van der Waals surface area contributed by atoms with Gasteiger partial charge >= 0.3 is 0 Å². The van der Waals surface area contributed by atoms with Crippen LogP contribution in [0.15, 0.2) is 0 Å². The van der Waals surface area contributed by atoms with Crippen LogP contribution >= 0.6 is 0 Å². The fraction of sp³-hybridized carbons (Fsp3) is 0.929. The van der Waals surface area contributed by atoms with Gasteiger partial charge in [0.1, 0.15) is 0 Å². The van der Waals surface area contributed by atoms with Gasteiger partial charge < -0.3 is 11.1 Å². The second kappa shape index (κ2) is 4.60. The van der Waals surface area contributed by atoms with Crippen LogP contribution in [-0.2, 0) is 4.79 Å². The van der Waals surface area contributed by atoms with Crippen LogP contribution < -0.4 is 11.1 Å². The van der Waals surface area contributed by atoms with Crippen LogP contribution in [0, 0.1) is 23.2 Å². The molecule has 0 aromatic rings. The normalized spacial score (nSPS) is 33.8. The first-order valence-electron chi connectivity index (χ1n) is 6.91. The van der Waals surface area contributed by atoms with Crippen LogP contribution in [0.3, 0.4) is 0 Å². The van der Waals surface area contributed by atoms with Crippen LogP contribution in [0.5, 0.6) is 0 Å². The van der Waals surface area contributed by atoms with Crippen molar-refractivity contribution in [2.24, 2.45) is 28.9 Å². The van der Waals surface area contributed by atoms with Crippen molar-refractivity contribution in [2.45, 2.75) is 52.5 Å². The average molecular weight is 238 g/mol. The van der Waals surface area contributed by atoms with E-state index in [9.17, 15) is 4.79 Å². The highest BCUT2D eigenvalue weighted by Gasteiger charge is 2.39. The Kier molecular flexibility index (Phi) is 3.48. The second-order valence-corrected chi connectivity index (χ2v) is 7.02. The summed E-state index contributed by atoms with van der Waals surface area (Å²) in [6.07, 6.45) is 5.49. The Morgan fingerprint density at radius 1 is 1.35 bits per heavy atom. The molecule has 0 aliphatic heterocycles. The summed E-state index contributed by atoms with van der Waals surface area (Å²) in [7, 11) is 0. The third kappa shape index (κ3) is 2.82. The van der Waals surface area contributed by atoms with E-state index in [-0.39, 0.29) is 11.3 Å². The van der Waals surface area contributed by atoms with Gasteiger partial charge in [-0.1, -0.05) is 27.2 Å². The van der Waals surface area contributed by atoms with Crippen molar-refractivity contribution in [3.8, 4) is 0 Å². The molecule has 3 heteroatoms. The van der Waals surface area contributed by atoms with Gasteiger partial charge in [-0.25, -0.2) is 0 Å². The second-order valence-electron chi connectivity index (χ2n) is 7.02. The first-order valence-corrected chi connectivity index (χ1v) is 6.91. The highest BCUT2D eigenvalue weighted by molar-refractivity contribution is 5.82. The van der Waals surface area contributed by atoms with Crippen molar-refractivity contribution in [2.75, 3.05) is 6.54 Å². The van der Waals surface area contributed by atoms with Gasteiger partial charge in [0.25, 0.3) is 0 Å². The molecule has 0 radical (unpaired) electrons. The molecule has 1 amide bonds. The zero-order chi connectivity index (χ0) is 12.6. The lowest BCUT2D eigenvalue weighted by atomic mass is 9.86. The first-order chi connectivity index (χ1) is 7.88. The number of fused-ring (bicyclic) bond motifs is 2. The number of amides is 1. The van der Waals surface area contributed by atoms with Gasteiger partial charge in [0.15, 0.2) is 0 Å². The molecule has 2 rings (SSSR count). The standard InChI is InChI=1S/C14H26N2O/c1-14(2,3)12(15)13(17)16-8-11-7-9-4-5-10(11)6-9/h9-12H,4-8,15H2,1-3H3,(H,16,17)/t9?,10?,11?,12-/m0/s1. The molecule has 17 heavy (non-hydrogen) atoms. The van der Waals surface area contributed by atoms with E-state index in [0.29, 0.717) is 5.92 Å². The van der Waals surface area contributed by atoms with E-state index < -0.39 is 6.04 Å². The Bertz CT molecular complexity index is 295. The average Bonchev–Trinajstić information content (AvgIpc) is 2.84. The van der Waals surface area contributed by atoms with Crippen LogP contribution in [0.4, 0.5) is 0 Å². The molecule has 98 valence electrons. The minimum atomic E-state index is -0.402. The van der Waals surface area contributed by atoms with Gasteiger partial charge in [-0.3, -0.25) is 4.79 Å². The number of hydrogen-bond donors (Lipinski definition) is 2. The van der Waals surface area contributed by atoms with Gasteiger partial charge in [0.2, 0.25) is 5.91 Å². The maximum absolute atomic E-state index is 11.9. The molecule has 0 aromatic carbocycles. The molecular weight excluding hydrogens is 212 g/mol. The van der Waals surface area contributed by atoms with E-state index in [0.717, 1.165) is 18.4 Å². The lowest BCUT2D eigenvalue weighted by molar-refractivity contribution is -0.124. The monoisotopic (exact) mass is 238 g/mol. The lowest BCUT2D eigenvalue weighted by Crippen LogP contribution is -2.49. The first kappa shape index (κ1) is 12.9. The quantitative estimate of drug-likeness (QED) is 0.789. The van der Waals surface area contributed by atoms with Crippen LogP contribution in [0.2, 0.25) is 0 Å². The summed E-state index contributed by atoms with van der Waals surface area (Å²) >= 11 is 0. The zero-order valence-corrected chi connectivity index (χ0v) is 11.3. The van der Waals surface area contributed by atoms with Crippen molar-refractivity contribution in [1.82, 2.24) is 5.32 Å². The summed E-state index contributed by atoms with van der Waals surface area (Å²) in [6, 6.07) is -0.402. The topological polar surface area (TPSA) is 55.1 Å². The highest BCUT2D eigenvalue weighted by Crippen LogP contribution is 2.47. The Labute approximate surface area is 105 Å². The SMILES string of the molecule is CC(C)(C)[C@@H](N)C(=O)NCC1CC2CCC1C2. The molecular formula is C14H26N2O. The molecule has 2 aliphatic carbocycles. The number of rotatable bonds is 3. The number of nitrogens with one attached hydrogen (secondary N) is 1. The van der Waals surface area contributed by atoms with Gasteiger partial charge in [0.05, 0.1) is 6.04 Å². The van der Waals surface area contributed by atoms with E-state index >= 15 is 0 Å². The van der Waals surface area contributed by atoms with Gasteiger partial charge in [-0.2, -0.15) is 0 Å². The molecule has 2 aliphatic rings. The fourth-order valence-electron chi connectivity index (χ4n) is 3.36. The van der Waals surface area contributed by atoms with Gasteiger partial charge in [-0.15, -0.1) is 0 Å². The number of nitrogens with two attached hydrogens (primary N) is 1. The summed E-state index contributed by atoms with van der Waals surface area (Å²) in [4.78, 5) is 11.9. The Hall–Kier alpha value is -0.570. The predicted octanol–water partition coefficient (Wildman–Crippen LogP) is 1.91. The Morgan fingerprint density at radius 3 is 2.53 bits per heavy atom. The van der Waals surface area contributed by atoms with Crippen LogP contribution in [0.25, 0.3) is 0 Å². The van der Waals surface area contributed by atoms with E-state index in [4.69, 9.17) is 5.73 Å². The third-order valence-corrected chi connectivity index (χ3v) is 4.64. The molecule has 3 N–H and O–H groups in total. The van der Waals surface area contributed by atoms with E-state index in [2.05, 4.69) is 5.32 Å². The fourth-order valence-corrected chi connectivity index (χ4v) is 3.36. The van der Waals surface area contributed by atoms with E-state index in [1.165, 1.54) is 25.7 Å². The molecule has 4 atom stereocenters. The molecule has 0 saturated heterocycles. The van der Waals surface area contributed by atoms with Gasteiger partial charge in [0, 0.05) is 6.54 Å². The highest BCUT2D eigenvalue weighted by atomic mass is 16.2. The summed E-state index contributed by atoms with van der Waals surface area (Å²) < 4.78 is 0. The number of carbonyl (C=O) groups is 1. The van der Waals surface area contributed by atoms with E-state index in [1.807, 2.05) is 20.8 Å². The van der Waals surface area contributed by atoms with Crippen molar-refractivity contribution in [1.29, 1.82) is 0 Å². The van der Waals surface area contributed by atoms with Crippen molar-refractivity contribution in [3.05, 3.63) is 0 Å². The summed E-state index contributed by atoms with van der Waals surface area (Å²) in [6.45, 7) is 6.86. The maximum Gasteiger partial charge on any atom is 0.237 e. The van der Waals surface area contributed by atoms with E-state index in [1.54, 1.807) is 0 Å². The molecule has 3 nitrogen and oxygen atoms in total. The Balaban J connectivity index is 1.77. The number of hydrogen-bond acceptors (Lipinski definition) is 2. The third-order valence-electron chi connectivity index (χ3n) is 4.64. The minimum absolute atomic E-state index is 0.0141. The summed E-state index contributed by atoms with van der Waals surface area (Å²) in [5.74, 6) is 2.54. The van der Waals surface area contributed by atoms with Crippen molar-refractivity contribution < 1.29 is 4.79 Å².